The topological polar surface area (TPSA) is 53.6 Å². The van der Waals surface area contributed by atoms with Crippen molar-refractivity contribution in [3.63, 3.8) is 0 Å². The van der Waals surface area contributed by atoms with Crippen LogP contribution in [0.25, 0.3) is 0 Å². The highest BCUT2D eigenvalue weighted by Crippen LogP contribution is 2.39. The second-order valence-electron chi connectivity index (χ2n) is 5.16. The molecule has 0 radical (unpaired) electrons. The van der Waals surface area contributed by atoms with Gasteiger partial charge in [0.2, 0.25) is 0 Å². The summed E-state index contributed by atoms with van der Waals surface area (Å²) in [6, 6.07) is 0. The van der Waals surface area contributed by atoms with Crippen LogP contribution in [0.3, 0.4) is 0 Å². The fourth-order valence-corrected chi connectivity index (χ4v) is 2.33. The minimum Gasteiger partial charge on any atom is -0.316 e. The zero-order chi connectivity index (χ0) is 10.3. The third-order valence-electron chi connectivity index (χ3n) is 3.60. The van der Waals surface area contributed by atoms with Crippen molar-refractivity contribution >= 4 is 0 Å². The lowest BCUT2D eigenvalue weighted by Gasteiger charge is -2.31. The van der Waals surface area contributed by atoms with E-state index in [1.807, 2.05) is 0 Å². The van der Waals surface area contributed by atoms with Crippen LogP contribution in [0.5, 0.6) is 0 Å². The summed E-state index contributed by atoms with van der Waals surface area (Å²) in [7, 11) is 0. The van der Waals surface area contributed by atoms with E-state index in [0.717, 1.165) is 24.7 Å². The molecular weight excluding hydrogens is 188 g/mol. The number of piperidine rings is 1. The number of H-pyrrole nitrogens is 1. The minimum atomic E-state index is 0.141. The second kappa shape index (κ2) is 3.30. The summed E-state index contributed by atoms with van der Waals surface area (Å²) in [5.41, 5.74) is 0.141. The molecule has 1 aromatic heterocycles. The molecule has 1 aliphatic carbocycles. The van der Waals surface area contributed by atoms with Gasteiger partial charge < -0.3 is 5.32 Å². The summed E-state index contributed by atoms with van der Waals surface area (Å²) in [5, 5.41) is 10.9. The van der Waals surface area contributed by atoms with Gasteiger partial charge in [-0.3, -0.25) is 5.10 Å². The maximum Gasteiger partial charge on any atom is 0.157 e. The van der Waals surface area contributed by atoms with Crippen molar-refractivity contribution < 1.29 is 0 Å². The van der Waals surface area contributed by atoms with Crippen molar-refractivity contribution in [3.05, 3.63) is 11.6 Å². The van der Waals surface area contributed by atoms with Gasteiger partial charge in [0.15, 0.2) is 5.82 Å². The summed E-state index contributed by atoms with van der Waals surface area (Å²) in [4.78, 5) is 4.66. The zero-order valence-electron chi connectivity index (χ0n) is 9.21. The van der Waals surface area contributed by atoms with Crippen LogP contribution in [0, 0.1) is 0 Å². The van der Waals surface area contributed by atoms with Crippen molar-refractivity contribution in [2.75, 3.05) is 13.1 Å². The molecule has 2 fully saturated rings. The van der Waals surface area contributed by atoms with Crippen molar-refractivity contribution in [2.24, 2.45) is 0 Å². The molecule has 1 unspecified atom stereocenters. The van der Waals surface area contributed by atoms with Crippen molar-refractivity contribution in [3.8, 4) is 0 Å². The molecule has 1 saturated heterocycles. The Hall–Kier alpha value is -0.900. The smallest absolute Gasteiger partial charge is 0.157 e. The van der Waals surface area contributed by atoms with Crippen LogP contribution in [0.2, 0.25) is 0 Å². The van der Waals surface area contributed by atoms with E-state index < -0.39 is 0 Å². The lowest BCUT2D eigenvalue weighted by atomic mass is 9.82. The highest BCUT2D eigenvalue weighted by molar-refractivity contribution is 5.12. The number of hydrogen-bond acceptors (Lipinski definition) is 3. The molecule has 1 aliphatic heterocycles. The van der Waals surface area contributed by atoms with Crippen LogP contribution >= 0.6 is 0 Å². The van der Waals surface area contributed by atoms with E-state index in [1.165, 1.54) is 25.7 Å². The third kappa shape index (κ3) is 1.67. The first-order valence-corrected chi connectivity index (χ1v) is 5.91. The van der Waals surface area contributed by atoms with Gasteiger partial charge in [-0.25, -0.2) is 4.98 Å². The molecule has 1 saturated carbocycles. The number of nitrogens with zero attached hydrogens (tertiary/aromatic N) is 2. The van der Waals surface area contributed by atoms with Crippen LogP contribution in [-0.4, -0.2) is 28.3 Å². The molecule has 0 spiro atoms. The molecule has 4 nitrogen and oxygen atoms in total. The third-order valence-corrected chi connectivity index (χ3v) is 3.60. The summed E-state index contributed by atoms with van der Waals surface area (Å²) in [6.45, 7) is 4.41. The molecule has 1 atom stereocenters. The number of aromatic nitrogens is 3. The van der Waals surface area contributed by atoms with Crippen LogP contribution in [0.4, 0.5) is 0 Å². The minimum absolute atomic E-state index is 0.141. The van der Waals surface area contributed by atoms with Crippen molar-refractivity contribution in [1.82, 2.24) is 20.5 Å². The lowest BCUT2D eigenvalue weighted by Crippen LogP contribution is -2.41. The Kier molecular flexibility index (Phi) is 2.06. The van der Waals surface area contributed by atoms with Crippen LogP contribution in [-0.2, 0) is 5.41 Å². The number of aromatic amines is 1. The fraction of sp³-hybridized carbons (Fsp3) is 0.818. The maximum absolute atomic E-state index is 4.66. The SMILES string of the molecule is CC1(c2n[nH]c(C3CC3)n2)CCCNC1. The molecule has 82 valence electrons. The number of rotatable bonds is 2. The van der Waals surface area contributed by atoms with Gasteiger partial charge in [0.05, 0.1) is 0 Å². The van der Waals surface area contributed by atoms with Gasteiger partial charge in [-0.15, -0.1) is 0 Å². The molecule has 0 bridgehead atoms. The molecule has 2 heterocycles. The monoisotopic (exact) mass is 206 g/mol. The molecule has 4 heteroatoms. The van der Waals surface area contributed by atoms with E-state index in [-0.39, 0.29) is 5.41 Å². The standard InChI is InChI=1S/C11H18N4/c1-11(5-2-6-12-7-11)10-13-9(14-15-10)8-3-4-8/h8,12H,2-7H2,1H3,(H,13,14,15). The van der Waals surface area contributed by atoms with E-state index in [0.29, 0.717) is 5.92 Å². The van der Waals surface area contributed by atoms with E-state index in [9.17, 15) is 0 Å². The van der Waals surface area contributed by atoms with Gasteiger partial charge in [0, 0.05) is 17.9 Å². The average Bonchev–Trinajstić information content (AvgIpc) is 2.97. The molecule has 2 aliphatic rings. The van der Waals surface area contributed by atoms with E-state index in [4.69, 9.17) is 0 Å². The Morgan fingerprint density at radius 3 is 2.93 bits per heavy atom. The first kappa shape index (κ1) is 9.33. The number of hydrogen-bond donors (Lipinski definition) is 2. The maximum atomic E-state index is 4.66. The molecule has 15 heavy (non-hydrogen) atoms. The molecule has 3 rings (SSSR count). The fourth-order valence-electron chi connectivity index (χ4n) is 2.33. The van der Waals surface area contributed by atoms with Gasteiger partial charge >= 0.3 is 0 Å². The van der Waals surface area contributed by atoms with Crippen molar-refractivity contribution in [2.45, 2.75) is 43.9 Å². The predicted octanol–water partition coefficient (Wildman–Crippen LogP) is 1.32. The first-order chi connectivity index (χ1) is 7.28. The van der Waals surface area contributed by atoms with E-state index in [2.05, 4.69) is 27.4 Å². The van der Waals surface area contributed by atoms with Gasteiger partial charge in [-0.1, -0.05) is 6.92 Å². The summed E-state index contributed by atoms with van der Waals surface area (Å²) >= 11 is 0. The highest BCUT2D eigenvalue weighted by atomic mass is 15.2. The van der Waals surface area contributed by atoms with E-state index in [1.54, 1.807) is 0 Å². The molecule has 0 amide bonds. The second-order valence-corrected chi connectivity index (χ2v) is 5.16. The lowest BCUT2D eigenvalue weighted by molar-refractivity contribution is 0.324. The van der Waals surface area contributed by atoms with Crippen LogP contribution < -0.4 is 5.32 Å². The summed E-state index contributed by atoms with van der Waals surface area (Å²) in [6.07, 6.45) is 4.99. The molecule has 0 aromatic carbocycles. The van der Waals surface area contributed by atoms with Crippen LogP contribution in [0.15, 0.2) is 0 Å². The van der Waals surface area contributed by atoms with Gasteiger partial charge in [-0.05, 0) is 32.2 Å². The Balaban J connectivity index is 1.83. The van der Waals surface area contributed by atoms with Gasteiger partial charge in [0.25, 0.3) is 0 Å². The Labute approximate surface area is 89.9 Å². The molecule has 2 N–H and O–H groups in total. The highest BCUT2D eigenvalue weighted by Gasteiger charge is 2.35. The predicted molar refractivity (Wildman–Crippen MR) is 57.8 cm³/mol. The summed E-state index contributed by atoms with van der Waals surface area (Å²) < 4.78 is 0. The Bertz CT molecular complexity index is 347. The first-order valence-electron chi connectivity index (χ1n) is 5.91. The Morgan fingerprint density at radius 2 is 2.27 bits per heavy atom. The molecular formula is C11H18N4. The normalized spacial score (nSPS) is 31.8. The quantitative estimate of drug-likeness (QED) is 0.767. The van der Waals surface area contributed by atoms with Crippen molar-refractivity contribution in [1.29, 1.82) is 0 Å². The van der Waals surface area contributed by atoms with Gasteiger partial charge in [-0.2, -0.15) is 5.10 Å². The zero-order valence-corrected chi connectivity index (χ0v) is 9.21. The van der Waals surface area contributed by atoms with Gasteiger partial charge in [0.1, 0.15) is 5.82 Å². The summed E-state index contributed by atoms with van der Waals surface area (Å²) in [5.74, 6) is 2.79. The average molecular weight is 206 g/mol. The molecule has 1 aromatic rings. The largest absolute Gasteiger partial charge is 0.316 e. The van der Waals surface area contributed by atoms with E-state index >= 15 is 0 Å². The van der Waals surface area contributed by atoms with Crippen LogP contribution in [0.1, 0.15) is 50.2 Å². The number of nitrogens with one attached hydrogen (secondary N) is 2. The Morgan fingerprint density at radius 1 is 1.40 bits per heavy atom.